The van der Waals surface area contributed by atoms with E-state index in [0.717, 1.165) is 18.7 Å². The first-order valence-corrected chi connectivity index (χ1v) is 7.30. The summed E-state index contributed by atoms with van der Waals surface area (Å²) in [6.07, 6.45) is 4.73. The van der Waals surface area contributed by atoms with Gasteiger partial charge in [-0.15, -0.1) is 6.58 Å². The second-order valence-electron chi connectivity index (χ2n) is 5.43. The molecule has 0 radical (unpaired) electrons. The van der Waals surface area contributed by atoms with Crippen LogP contribution in [0.2, 0.25) is 0 Å². The van der Waals surface area contributed by atoms with Crippen LogP contribution < -0.4 is 0 Å². The van der Waals surface area contributed by atoms with Crippen LogP contribution in [0.25, 0.3) is 10.9 Å². The molecule has 0 bridgehead atoms. The molecule has 0 saturated carbocycles. The average molecular weight is 276 g/mol. The number of allylic oxidation sites excluding steroid dienone is 1. The number of hydrogen-bond acceptors (Lipinski definition) is 1. The highest BCUT2D eigenvalue weighted by Crippen LogP contribution is 2.28. The number of pyridine rings is 1. The maximum atomic E-state index is 4.64. The number of fused-ring (bicyclic) bond motifs is 1. The van der Waals surface area contributed by atoms with E-state index in [1.165, 1.54) is 27.7 Å². The highest BCUT2D eigenvalue weighted by atomic mass is 15.0. The molecule has 0 fully saturated rings. The molecule has 3 rings (SSSR count). The summed E-state index contributed by atoms with van der Waals surface area (Å²) >= 11 is 0. The zero-order chi connectivity index (χ0) is 14.8. The minimum Gasteiger partial charge on any atom is -0.339 e. The molecular formula is C19H20N2. The van der Waals surface area contributed by atoms with Crippen LogP contribution in [0.15, 0.2) is 55.3 Å². The molecule has 0 aliphatic rings. The molecular weight excluding hydrogens is 256 g/mol. The van der Waals surface area contributed by atoms with E-state index in [9.17, 15) is 0 Å². The molecule has 21 heavy (non-hydrogen) atoms. The average Bonchev–Trinajstić information content (AvgIpc) is 2.75. The summed E-state index contributed by atoms with van der Waals surface area (Å²) in [6.45, 7) is 9.06. The van der Waals surface area contributed by atoms with E-state index in [2.05, 4.69) is 60.3 Å². The Hall–Kier alpha value is -2.35. The van der Waals surface area contributed by atoms with Crippen LogP contribution in [0.5, 0.6) is 0 Å². The van der Waals surface area contributed by atoms with Crippen molar-refractivity contribution < 1.29 is 0 Å². The normalized spacial score (nSPS) is 11.0. The van der Waals surface area contributed by atoms with Crippen molar-refractivity contribution in [3.05, 3.63) is 77.8 Å². The van der Waals surface area contributed by atoms with E-state index in [0.29, 0.717) is 0 Å². The lowest BCUT2D eigenvalue weighted by atomic mass is 10.1. The van der Waals surface area contributed by atoms with E-state index >= 15 is 0 Å². The van der Waals surface area contributed by atoms with Crippen molar-refractivity contribution in [2.45, 2.75) is 26.8 Å². The Morgan fingerprint density at radius 2 is 1.90 bits per heavy atom. The highest BCUT2D eigenvalue weighted by molar-refractivity contribution is 5.87. The van der Waals surface area contributed by atoms with Gasteiger partial charge in [0.05, 0.1) is 11.2 Å². The molecule has 0 saturated heterocycles. The topological polar surface area (TPSA) is 17.8 Å². The molecule has 0 spiro atoms. The minimum absolute atomic E-state index is 0.823. The Kier molecular flexibility index (Phi) is 3.61. The quantitative estimate of drug-likeness (QED) is 0.645. The smallest absolute Gasteiger partial charge is 0.0710 e. The lowest BCUT2D eigenvalue weighted by Gasteiger charge is -2.09. The largest absolute Gasteiger partial charge is 0.339 e. The van der Waals surface area contributed by atoms with Crippen LogP contribution in [0.4, 0.5) is 0 Å². The van der Waals surface area contributed by atoms with Crippen molar-refractivity contribution in [1.82, 2.24) is 9.55 Å². The van der Waals surface area contributed by atoms with Gasteiger partial charge >= 0.3 is 0 Å². The lowest BCUT2D eigenvalue weighted by molar-refractivity contribution is 0.816. The van der Waals surface area contributed by atoms with Gasteiger partial charge in [-0.3, -0.25) is 4.98 Å². The van der Waals surface area contributed by atoms with Gasteiger partial charge < -0.3 is 4.57 Å². The number of benzene rings is 1. The van der Waals surface area contributed by atoms with E-state index in [1.54, 1.807) is 0 Å². The Morgan fingerprint density at radius 1 is 1.14 bits per heavy atom. The molecule has 3 aromatic rings. The van der Waals surface area contributed by atoms with Crippen LogP contribution in [0.1, 0.15) is 22.5 Å². The number of rotatable bonds is 4. The summed E-state index contributed by atoms with van der Waals surface area (Å²) < 4.78 is 2.32. The third-order valence-electron chi connectivity index (χ3n) is 4.15. The SMILES string of the molecule is C=CCn1c(C)c(C)c2ccnc(Cc3ccccc3)c21. The number of aryl methyl sites for hydroxylation is 1. The highest BCUT2D eigenvalue weighted by Gasteiger charge is 2.14. The maximum absolute atomic E-state index is 4.64. The second-order valence-corrected chi connectivity index (χ2v) is 5.43. The third kappa shape index (κ3) is 2.38. The van der Waals surface area contributed by atoms with Crippen LogP contribution in [-0.4, -0.2) is 9.55 Å². The van der Waals surface area contributed by atoms with Crippen molar-refractivity contribution in [2.24, 2.45) is 0 Å². The van der Waals surface area contributed by atoms with Gasteiger partial charge in [0.25, 0.3) is 0 Å². The zero-order valence-electron chi connectivity index (χ0n) is 12.6. The number of hydrogen-bond donors (Lipinski definition) is 0. The van der Waals surface area contributed by atoms with Crippen LogP contribution in [0, 0.1) is 13.8 Å². The summed E-state index contributed by atoms with van der Waals surface area (Å²) in [7, 11) is 0. The predicted molar refractivity (Wildman–Crippen MR) is 88.7 cm³/mol. The molecule has 0 unspecified atom stereocenters. The van der Waals surface area contributed by atoms with E-state index in [-0.39, 0.29) is 0 Å². The molecule has 2 nitrogen and oxygen atoms in total. The zero-order valence-corrected chi connectivity index (χ0v) is 12.6. The van der Waals surface area contributed by atoms with Crippen molar-refractivity contribution in [2.75, 3.05) is 0 Å². The molecule has 0 amide bonds. The van der Waals surface area contributed by atoms with Crippen molar-refractivity contribution in [3.63, 3.8) is 0 Å². The fourth-order valence-electron chi connectivity index (χ4n) is 2.94. The van der Waals surface area contributed by atoms with Gasteiger partial charge in [-0.2, -0.15) is 0 Å². The Bertz CT molecular complexity index is 782. The second kappa shape index (κ2) is 5.57. The first-order chi connectivity index (χ1) is 10.2. The molecule has 0 atom stereocenters. The summed E-state index contributed by atoms with van der Waals surface area (Å²) in [6, 6.07) is 12.6. The van der Waals surface area contributed by atoms with Crippen LogP contribution in [0.3, 0.4) is 0 Å². The first kappa shape index (κ1) is 13.6. The standard InChI is InChI=1S/C19H20N2/c1-4-12-21-15(3)14(2)17-10-11-20-18(19(17)21)13-16-8-6-5-7-9-16/h4-11H,1,12-13H2,2-3H3. The van der Waals surface area contributed by atoms with Crippen LogP contribution in [-0.2, 0) is 13.0 Å². The third-order valence-corrected chi connectivity index (χ3v) is 4.15. The van der Waals surface area contributed by atoms with Gasteiger partial charge in [-0.05, 0) is 31.0 Å². The van der Waals surface area contributed by atoms with Gasteiger partial charge in [0.1, 0.15) is 0 Å². The lowest BCUT2D eigenvalue weighted by Crippen LogP contribution is -2.02. The molecule has 2 aromatic heterocycles. The maximum Gasteiger partial charge on any atom is 0.0710 e. The van der Waals surface area contributed by atoms with E-state index in [1.807, 2.05) is 18.3 Å². The fraction of sp³-hybridized carbons (Fsp3) is 0.211. The summed E-state index contributed by atoms with van der Waals surface area (Å²) in [5.74, 6) is 0. The van der Waals surface area contributed by atoms with Crippen molar-refractivity contribution in [1.29, 1.82) is 0 Å². The summed E-state index contributed by atoms with van der Waals surface area (Å²) in [4.78, 5) is 4.64. The molecule has 1 aromatic carbocycles. The summed E-state index contributed by atoms with van der Waals surface area (Å²) in [5.41, 5.74) is 6.31. The number of nitrogens with zero attached hydrogens (tertiary/aromatic N) is 2. The van der Waals surface area contributed by atoms with Gasteiger partial charge in [0.2, 0.25) is 0 Å². The molecule has 106 valence electrons. The first-order valence-electron chi connectivity index (χ1n) is 7.30. The van der Waals surface area contributed by atoms with E-state index in [4.69, 9.17) is 0 Å². The van der Waals surface area contributed by atoms with E-state index < -0.39 is 0 Å². The minimum atomic E-state index is 0.823. The van der Waals surface area contributed by atoms with Gasteiger partial charge in [-0.25, -0.2) is 0 Å². The monoisotopic (exact) mass is 276 g/mol. The Labute approximate surface area is 125 Å². The molecule has 0 aliphatic carbocycles. The van der Waals surface area contributed by atoms with Gasteiger partial charge in [0.15, 0.2) is 0 Å². The Morgan fingerprint density at radius 3 is 2.62 bits per heavy atom. The number of aromatic nitrogens is 2. The van der Waals surface area contributed by atoms with Crippen molar-refractivity contribution >= 4 is 10.9 Å². The van der Waals surface area contributed by atoms with Gasteiger partial charge in [0, 0.05) is 30.2 Å². The molecule has 2 heterocycles. The van der Waals surface area contributed by atoms with Gasteiger partial charge in [-0.1, -0.05) is 36.4 Å². The molecule has 0 N–H and O–H groups in total. The molecule has 0 aliphatic heterocycles. The Balaban J connectivity index is 2.19. The van der Waals surface area contributed by atoms with Crippen molar-refractivity contribution in [3.8, 4) is 0 Å². The summed E-state index contributed by atoms with van der Waals surface area (Å²) in [5, 5.41) is 1.30. The molecule has 2 heteroatoms. The fourth-order valence-corrected chi connectivity index (χ4v) is 2.94. The van der Waals surface area contributed by atoms with Crippen LogP contribution >= 0.6 is 0 Å². The predicted octanol–water partition coefficient (Wildman–Crippen LogP) is 4.43.